The lowest BCUT2D eigenvalue weighted by molar-refractivity contribution is -0.128. The summed E-state index contributed by atoms with van der Waals surface area (Å²) >= 11 is 0. The van der Waals surface area contributed by atoms with Crippen molar-refractivity contribution in [1.29, 1.82) is 0 Å². The van der Waals surface area contributed by atoms with Crippen LogP contribution in [0, 0.1) is 0 Å². The highest BCUT2D eigenvalue weighted by Crippen LogP contribution is 2.21. The maximum atomic E-state index is 13.0. The van der Waals surface area contributed by atoms with Gasteiger partial charge in [0.2, 0.25) is 5.91 Å². The maximum Gasteiger partial charge on any atom is 0.242 e. The Bertz CT molecular complexity index is 857. The fourth-order valence-corrected chi connectivity index (χ4v) is 3.43. The highest BCUT2D eigenvalue weighted by Gasteiger charge is 2.29. The molecule has 2 N–H and O–H groups in total. The molecule has 0 spiro atoms. The number of fused-ring (bicyclic) bond motifs is 1. The molecule has 2 aromatic heterocycles. The largest absolute Gasteiger partial charge is 0.379 e. The van der Waals surface area contributed by atoms with Gasteiger partial charge < -0.3 is 15.0 Å². The number of benzene rings is 1. The molecule has 27 heavy (non-hydrogen) atoms. The van der Waals surface area contributed by atoms with Crippen LogP contribution in [-0.4, -0.2) is 58.6 Å². The third kappa shape index (κ3) is 4.15. The minimum absolute atomic E-state index is 0.0130. The van der Waals surface area contributed by atoms with E-state index in [1.54, 1.807) is 12.4 Å². The van der Waals surface area contributed by atoms with Crippen LogP contribution in [-0.2, 0) is 16.0 Å². The zero-order chi connectivity index (χ0) is 18.5. The number of rotatable bonds is 6. The number of hydrogen-bond donors (Lipinski definition) is 2. The van der Waals surface area contributed by atoms with Crippen molar-refractivity contribution >= 4 is 16.9 Å². The molecule has 1 aliphatic rings. The minimum atomic E-state index is -0.349. The lowest BCUT2D eigenvalue weighted by Crippen LogP contribution is -2.46. The number of ether oxygens (including phenoxy) is 1. The number of aromatic amines is 1. The number of H-pyrrole nitrogens is 1. The topological polar surface area (TPSA) is 83.1 Å². The summed E-state index contributed by atoms with van der Waals surface area (Å²) in [6, 6.07) is 11.4. The molecule has 1 amide bonds. The highest BCUT2D eigenvalue weighted by molar-refractivity contribution is 5.83. The average Bonchev–Trinajstić information content (AvgIpc) is 3.13. The number of morpholine rings is 1. The molecule has 0 aliphatic carbocycles. The maximum absolute atomic E-state index is 13.0. The molecule has 1 saturated heterocycles. The predicted molar refractivity (Wildman–Crippen MR) is 102 cm³/mol. The summed E-state index contributed by atoms with van der Waals surface area (Å²) in [6.07, 6.45) is 4.14. The predicted octanol–water partition coefficient (Wildman–Crippen LogP) is 1.69. The Morgan fingerprint density at radius 1 is 1.22 bits per heavy atom. The summed E-state index contributed by atoms with van der Waals surface area (Å²) in [6.45, 7) is 3.28. The second kappa shape index (κ2) is 8.28. The molecule has 0 bridgehead atoms. The summed E-state index contributed by atoms with van der Waals surface area (Å²) in [7, 11) is 0. The second-order valence-corrected chi connectivity index (χ2v) is 6.58. The van der Waals surface area contributed by atoms with E-state index in [1.807, 2.05) is 36.4 Å². The molecule has 0 unspecified atom stereocenters. The summed E-state index contributed by atoms with van der Waals surface area (Å²) < 4.78 is 5.43. The number of imidazole rings is 1. The van der Waals surface area contributed by atoms with Gasteiger partial charge in [0.15, 0.2) is 0 Å². The standard InChI is InChI=1S/C20H23N5O2/c26-20(22-9-7-18-23-16-5-1-2-6-17(16)24-18)19(15-4-3-8-21-14-15)25-10-12-27-13-11-25/h1-6,8,14,19H,7,9-13H2,(H,22,26)(H,23,24)/t19-/m0/s1. The van der Waals surface area contributed by atoms with Gasteiger partial charge in [-0.05, 0) is 23.8 Å². The fraction of sp³-hybridized carbons (Fsp3) is 0.350. The first kappa shape index (κ1) is 17.6. The number of aromatic nitrogens is 3. The Morgan fingerprint density at radius 3 is 2.85 bits per heavy atom. The zero-order valence-corrected chi connectivity index (χ0v) is 15.1. The molecule has 1 aromatic carbocycles. The van der Waals surface area contributed by atoms with Gasteiger partial charge in [-0.3, -0.25) is 14.7 Å². The van der Waals surface area contributed by atoms with Gasteiger partial charge in [-0.15, -0.1) is 0 Å². The first-order chi connectivity index (χ1) is 13.3. The van der Waals surface area contributed by atoms with E-state index in [-0.39, 0.29) is 11.9 Å². The molecule has 1 fully saturated rings. The first-order valence-corrected chi connectivity index (χ1v) is 9.24. The number of amides is 1. The van der Waals surface area contributed by atoms with Gasteiger partial charge in [-0.1, -0.05) is 18.2 Å². The number of nitrogens with one attached hydrogen (secondary N) is 2. The monoisotopic (exact) mass is 365 g/mol. The number of carbonyl (C=O) groups is 1. The SMILES string of the molecule is O=C(NCCc1nc2ccccc2[nH]1)[C@H](c1cccnc1)N1CCOCC1. The molecule has 0 saturated carbocycles. The molecule has 7 heteroatoms. The zero-order valence-electron chi connectivity index (χ0n) is 15.1. The minimum Gasteiger partial charge on any atom is -0.379 e. The van der Waals surface area contributed by atoms with Gasteiger partial charge in [0.25, 0.3) is 0 Å². The van der Waals surface area contributed by atoms with Crippen molar-refractivity contribution in [3.8, 4) is 0 Å². The van der Waals surface area contributed by atoms with Crippen LogP contribution in [0.15, 0.2) is 48.8 Å². The van der Waals surface area contributed by atoms with E-state index in [1.165, 1.54) is 0 Å². The molecular formula is C20H23N5O2. The van der Waals surface area contributed by atoms with Gasteiger partial charge in [0.1, 0.15) is 11.9 Å². The van der Waals surface area contributed by atoms with E-state index in [0.717, 1.165) is 35.5 Å². The lowest BCUT2D eigenvalue weighted by atomic mass is 10.1. The van der Waals surface area contributed by atoms with Crippen LogP contribution in [0.5, 0.6) is 0 Å². The van der Waals surface area contributed by atoms with Crippen molar-refractivity contribution in [3.63, 3.8) is 0 Å². The van der Waals surface area contributed by atoms with E-state index in [0.29, 0.717) is 26.2 Å². The molecule has 1 aliphatic heterocycles. The third-order valence-corrected chi connectivity index (χ3v) is 4.76. The van der Waals surface area contributed by atoms with E-state index in [9.17, 15) is 4.79 Å². The molecule has 0 radical (unpaired) electrons. The lowest BCUT2D eigenvalue weighted by Gasteiger charge is -2.33. The normalized spacial score (nSPS) is 16.3. The quantitative estimate of drug-likeness (QED) is 0.695. The first-order valence-electron chi connectivity index (χ1n) is 9.24. The molecule has 3 heterocycles. The average molecular weight is 365 g/mol. The van der Waals surface area contributed by atoms with Crippen molar-refractivity contribution in [2.45, 2.75) is 12.5 Å². The smallest absolute Gasteiger partial charge is 0.242 e. The molecule has 7 nitrogen and oxygen atoms in total. The summed E-state index contributed by atoms with van der Waals surface area (Å²) in [5.74, 6) is 0.863. The Balaban J connectivity index is 1.41. The van der Waals surface area contributed by atoms with Crippen molar-refractivity contribution in [2.75, 3.05) is 32.8 Å². The Hall–Kier alpha value is -2.77. The van der Waals surface area contributed by atoms with Crippen LogP contribution < -0.4 is 5.32 Å². The van der Waals surface area contributed by atoms with Crippen LogP contribution in [0.25, 0.3) is 11.0 Å². The van der Waals surface area contributed by atoms with Crippen molar-refractivity contribution < 1.29 is 9.53 Å². The number of carbonyl (C=O) groups excluding carboxylic acids is 1. The molecule has 4 rings (SSSR count). The Kier molecular flexibility index (Phi) is 5.41. The molecule has 1 atom stereocenters. The summed E-state index contributed by atoms with van der Waals surface area (Å²) in [5, 5.41) is 3.06. The van der Waals surface area contributed by atoms with E-state index in [4.69, 9.17) is 4.74 Å². The van der Waals surface area contributed by atoms with Gasteiger partial charge >= 0.3 is 0 Å². The van der Waals surface area contributed by atoms with Crippen LogP contribution in [0.1, 0.15) is 17.4 Å². The number of hydrogen-bond acceptors (Lipinski definition) is 5. The number of para-hydroxylation sites is 2. The van der Waals surface area contributed by atoms with Gasteiger partial charge in [-0.25, -0.2) is 4.98 Å². The Labute approximate surface area is 157 Å². The highest BCUT2D eigenvalue weighted by atomic mass is 16.5. The van der Waals surface area contributed by atoms with Crippen LogP contribution in [0.4, 0.5) is 0 Å². The van der Waals surface area contributed by atoms with Gasteiger partial charge in [-0.2, -0.15) is 0 Å². The fourth-order valence-electron chi connectivity index (χ4n) is 3.43. The van der Waals surface area contributed by atoms with Gasteiger partial charge in [0.05, 0.1) is 24.2 Å². The van der Waals surface area contributed by atoms with E-state index < -0.39 is 0 Å². The van der Waals surface area contributed by atoms with Crippen molar-refractivity contribution in [3.05, 3.63) is 60.2 Å². The molecule has 140 valence electrons. The summed E-state index contributed by atoms with van der Waals surface area (Å²) in [5.41, 5.74) is 2.86. The van der Waals surface area contributed by atoms with Crippen molar-refractivity contribution in [2.24, 2.45) is 0 Å². The van der Waals surface area contributed by atoms with Gasteiger partial charge in [0, 0.05) is 38.4 Å². The van der Waals surface area contributed by atoms with E-state index in [2.05, 4.69) is 25.2 Å². The molecule has 3 aromatic rings. The van der Waals surface area contributed by atoms with Crippen LogP contribution in [0.2, 0.25) is 0 Å². The van der Waals surface area contributed by atoms with Crippen LogP contribution in [0.3, 0.4) is 0 Å². The Morgan fingerprint density at radius 2 is 2.07 bits per heavy atom. The number of pyridine rings is 1. The second-order valence-electron chi connectivity index (χ2n) is 6.58. The third-order valence-electron chi connectivity index (χ3n) is 4.76. The van der Waals surface area contributed by atoms with E-state index >= 15 is 0 Å². The molecular weight excluding hydrogens is 342 g/mol. The summed E-state index contributed by atoms with van der Waals surface area (Å²) in [4.78, 5) is 27.1. The van der Waals surface area contributed by atoms with Crippen molar-refractivity contribution in [1.82, 2.24) is 25.2 Å². The van der Waals surface area contributed by atoms with Crippen LogP contribution >= 0.6 is 0 Å². The number of nitrogens with zero attached hydrogens (tertiary/aromatic N) is 3.